The topological polar surface area (TPSA) is 78.5 Å². The number of methoxy groups -OCH3 is 1. The van der Waals surface area contributed by atoms with E-state index in [1.807, 2.05) is 13.8 Å². The first kappa shape index (κ1) is 17.4. The summed E-state index contributed by atoms with van der Waals surface area (Å²) in [5, 5.41) is 9.61. The second-order valence-electron chi connectivity index (χ2n) is 6.62. The third kappa shape index (κ3) is 3.51. The van der Waals surface area contributed by atoms with Gasteiger partial charge in [0, 0.05) is 31.1 Å². The van der Waals surface area contributed by atoms with Crippen LogP contribution in [0.3, 0.4) is 0 Å². The lowest BCUT2D eigenvalue weighted by Gasteiger charge is -2.28. The molecule has 25 heavy (non-hydrogen) atoms. The fourth-order valence-electron chi connectivity index (χ4n) is 3.05. The number of phenolic OH excluding ortho intramolecular Hbond substituents is 1. The minimum Gasteiger partial charge on any atom is -0.502 e. The van der Waals surface area contributed by atoms with Crippen molar-refractivity contribution in [1.29, 1.82) is 0 Å². The monoisotopic (exact) mass is 347 g/mol. The van der Waals surface area contributed by atoms with Crippen molar-refractivity contribution in [3.8, 4) is 11.5 Å². The summed E-state index contributed by atoms with van der Waals surface area (Å²) in [4.78, 5) is 21.8. The van der Waals surface area contributed by atoms with Crippen LogP contribution < -0.4 is 10.3 Å². The van der Waals surface area contributed by atoms with Crippen molar-refractivity contribution < 1.29 is 14.2 Å². The van der Waals surface area contributed by atoms with Gasteiger partial charge in [-0.05, 0) is 24.1 Å². The number of aromatic amines is 1. The molecular formula is C18H22FN3O3. The van der Waals surface area contributed by atoms with Crippen molar-refractivity contribution in [2.75, 3.05) is 13.7 Å². The van der Waals surface area contributed by atoms with Gasteiger partial charge < -0.3 is 14.8 Å². The van der Waals surface area contributed by atoms with E-state index in [1.165, 1.54) is 13.2 Å². The number of H-pyrrole nitrogens is 1. The fourth-order valence-corrected chi connectivity index (χ4v) is 3.05. The zero-order chi connectivity index (χ0) is 18.1. The molecule has 1 aromatic heterocycles. The highest BCUT2D eigenvalue weighted by Gasteiger charge is 2.22. The van der Waals surface area contributed by atoms with E-state index < -0.39 is 11.6 Å². The van der Waals surface area contributed by atoms with Gasteiger partial charge in [-0.15, -0.1) is 0 Å². The Hall–Kier alpha value is -2.41. The van der Waals surface area contributed by atoms with Crippen LogP contribution in [0.25, 0.3) is 0 Å². The van der Waals surface area contributed by atoms with Crippen LogP contribution in [0, 0.1) is 5.82 Å². The molecule has 0 bridgehead atoms. The van der Waals surface area contributed by atoms with E-state index in [0.717, 1.165) is 11.3 Å². The number of aromatic hydroxyl groups is 1. The summed E-state index contributed by atoms with van der Waals surface area (Å²) in [6, 6.07) is 2.93. The second kappa shape index (κ2) is 6.84. The van der Waals surface area contributed by atoms with Crippen molar-refractivity contribution in [3.05, 3.63) is 50.9 Å². The van der Waals surface area contributed by atoms with Crippen LogP contribution in [0.1, 0.15) is 42.4 Å². The molecular weight excluding hydrogens is 325 g/mol. The number of benzene rings is 1. The molecule has 2 aromatic rings. The van der Waals surface area contributed by atoms with E-state index in [-0.39, 0.29) is 17.2 Å². The Balaban J connectivity index is 1.84. The van der Waals surface area contributed by atoms with Crippen LogP contribution in [0.15, 0.2) is 16.9 Å². The van der Waals surface area contributed by atoms with Crippen LogP contribution >= 0.6 is 0 Å². The maximum atomic E-state index is 13.8. The second-order valence-corrected chi connectivity index (χ2v) is 6.62. The molecule has 0 atom stereocenters. The highest BCUT2D eigenvalue weighted by molar-refractivity contribution is 5.43. The van der Waals surface area contributed by atoms with Crippen molar-refractivity contribution >= 4 is 0 Å². The molecule has 1 aliphatic heterocycles. The minimum atomic E-state index is -0.705. The van der Waals surface area contributed by atoms with Crippen LogP contribution in [-0.4, -0.2) is 33.6 Å². The Bertz CT molecular complexity index is 848. The lowest BCUT2D eigenvalue weighted by molar-refractivity contribution is 0.239. The average Bonchev–Trinajstić information content (AvgIpc) is 2.57. The molecule has 0 radical (unpaired) electrons. The summed E-state index contributed by atoms with van der Waals surface area (Å²) >= 11 is 0. The Kier molecular flexibility index (Phi) is 4.76. The lowest BCUT2D eigenvalue weighted by Crippen LogP contribution is -2.35. The first-order chi connectivity index (χ1) is 11.9. The summed E-state index contributed by atoms with van der Waals surface area (Å²) < 4.78 is 18.8. The highest BCUT2D eigenvalue weighted by atomic mass is 19.1. The molecule has 0 unspecified atom stereocenters. The number of rotatable bonds is 4. The largest absolute Gasteiger partial charge is 0.502 e. The van der Waals surface area contributed by atoms with E-state index in [0.29, 0.717) is 37.4 Å². The van der Waals surface area contributed by atoms with Gasteiger partial charge in [-0.1, -0.05) is 13.8 Å². The van der Waals surface area contributed by atoms with Gasteiger partial charge in [0.15, 0.2) is 17.3 Å². The van der Waals surface area contributed by atoms with E-state index in [9.17, 15) is 14.3 Å². The summed E-state index contributed by atoms with van der Waals surface area (Å²) in [5.74, 6) is -0.246. The van der Waals surface area contributed by atoms with Crippen LogP contribution in [0.4, 0.5) is 4.39 Å². The maximum Gasteiger partial charge on any atom is 0.254 e. The van der Waals surface area contributed by atoms with Gasteiger partial charge in [0.2, 0.25) is 0 Å². The maximum absolute atomic E-state index is 13.8. The Morgan fingerprint density at radius 3 is 2.88 bits per heavy atom. The fraction of sp³-hybridized carbons (Fsp3) is 0.444. The number of fused-ring (bicyclic) bond motifs is 1. The molecule has 0 saturated heterocycles. The molecule has 1 aliphatic rings. The number of hydrogen-bond acceptors (Lipinski definition) is 5. The molecule has 0 amide bonds. The van der Waals surface area contributed by atoms with Gasteiger partial charge in [0.25, 0.3) is 5.56 Å². The normalized spacial score (nSPS) is 14.6. The molecule has 0 fully saturated rings. The summed E-state index contributed by atoms with van der Waals surface area (Å²) in [5.41, 5.74) is 2.15. The van der Waals surface area contributed by atoms with E-state index in [1.54, 1.807) is 6.07 Å². The third-order valence-electron chi connectivity index (χ3n) is 4.43. The molecule has 2 heterocycles. The smallest absolute Gasteiger partial charge is 0.254 e. The molecule has 134 valence electrons. The number of nitrogens with zero attached hydrogens (tertiary/aromatic N) is 2. The molecule has 7 heteroatoms. The number of phenols is 1. The molecule has 0 aliphatic carbocycles. The zero-order valence-electron chi connectivity index (χ0n) is 14.6. The Morgan fingerprint density at radius 2 is 2.20 bits per heavy atom. The minimum absolute atomic E-state index is 0.0642. The van der Waals surface area contributed by atoms with Gasteiger partial charge in [-0.3, -0.25) is 9.69 Å². The summed E-state index contributed by atoms with van der Waals surface area (Å²) in [6.45, 7) is 5.67. The van der Waals surface area contributed by atoms with E-state index >= 15 is 0 Å². The predicted molar refractivity (Wildman–Crippen MR) is 91.4 cm³/mol. The zero-order valence-corrected chi connectivity index (χ0v) is 14.6. The van der Waals surface area contributed by atoms with Crippen LogP contribution in [0.5, 0.6) is 11.5 Å². The third-order valence-corrected chi connectivity index (χ3v) is 4.43. The van der Waals surface area contributed by atoms with Gasteiger partial charge in [-0.2, -0.15) is 0 Å². The molecule has 2 N–H and O–H groups in total. The molecule has 0 spiro atoms. The summed E-state index contributed by atoms with van der Waals surface area (Å²) in [7, 11) is 1.39. The van der Waals surface area contributed by atoms with Crippen molar-refractivity contribution in [3.63, 3.8) is 0 Å². The van der Waals surface area contributed by atoms with Crippen molar-refractivity contribution in [2.24, 2.45) is 0 Å². The number of ether oxygens (including phenoxy) is 1. The quantitative estimate of drug-likeness (QED) is 0.887. The van der Waals surface area contributed by atoms with E-state index in [2.05, 4.69) is 14.9 Å². The summed E-state index contributed by atoms with van der Waals surface area (Å²) in [6.07, 6.45) is 0.605. The Labute approximate surface area is 145 Å². The van der Waals surface area contributed by atoms with Crippen LogP contribution in [0.2, 0.25) is 0 Å². The molecule has 1 aromatic carbocycles. The number of hydrogen-bond donors (Lipinski definition) is 2. The van der Waals surface area contributed by atoms with E-state index in [4.69, 9.17) is 4.74 Å². The lowest BCUT2D eigenvalue weighted by atomic mass is 10.0. The van der Waals surface area contributed by atoms with Gasteiger partial charge in [0.05, 0.1) is 12.8 Å². The molecule has 6 nitrogen and oxygen atoms in total. The molecule has 0 saturated carbocycles. The first-order valence-electron chi connectivity index (χ1n) is 8.28. The van der Waals surface area contributed by atoms with Gasteiger partial charge in [-0.25, -0.2) is 9.37 Å². The first-order valence-corrected chi connectivity index (χ1v) is 8.28. The Morgan fingerprint density at radius 1 is 1.44 bits per heavy atom. The predicted octanol–water partition coefficient (Wildman–Crippen LogP) is 2.30. The SMILES string of the molecule is COc1cc(CN2CCc3c(nc(C(C)C)[nH]c3=O)C2)cc(F)c1O. The average molecular weight is 347 g/mol. The number of aromatic nitrogens is 2. The van der Waals surface area contributed by atoms with Crippen LogP contribution in [-0.2, 0) is 19.5 Å². The van der Waals surface area contributed by atoms with Gasteiger partial charge >= 0.3 is 0 Å². The number of nitrogens with one attached hydrogen (secondary N) is 1. The van der Waals surface area contributed by atoms with Gasteiger partial charge in [0.1, 0.15) is 5.82 Å². The highest BCUT2D eigenvalue weighted by Crippen LogP contribution is 2.31. The van der Waals surface area contributed by atoms with Crippen molar-refractivity contribution in [1.82, 2.24) is 14.9 Å². The molecule has 3 rings (SSSR count). The van der Waals surface area contributed by atoms with Crippen molar-refractivity contribution in [2.45, 2.75) is 39.3 Å². The number of halogens is 1. The standard InChI is InChI=1S/C18H22FN3O3/c1-10(2)17-20-14-9-22(5-4-12(14)18(24)21-17)8-11-6-13(19)16(23)15(7-11)25-3/h6-7,10,23H,4-5,8-9H2,1-3H3,(H,20,21,24).